The highest BCUT2D eigenvalue weighted by atomic mass is 35.5. The second kappa shape index (κ2) is 3.61. The first-order valence-corrected chi connectivity index (χ1v) is 5.58. The average Bonchev–Trinajstić information content (AvgIpc) is 2.31. The maximum absolute atomic E-state index is 6.13. The van der Waals surface area contributed by atoms with Gasteiger partial charge < -0.3 is 10.5 Å². The second-order valence-corrected chi connectivity index (χ2v) is 4.35. The number of nitrogens with zero attached hydrogens (tertiary/aromatic N) is 1. The summed E-state index contributed by atoms with van der Waals surface area (Å²) < 4.78 is 5.40. The number of aromatic nitrogens is 1. The van der Waals surface area contributed by atoms with Crippen molar-refractivity contribution in [1.82, 2.24) is 4.98 Å². The number of rotatable bonds is 0. The van der Waals surface area contributed by atoms with Gasteiger partial charge in [0.1, 0.15) is 0 Å². The minimum absolute atomic E-state index is 0.552. The van der Waals surface area contributed by atoms with Crippen molar-refractivity contribution in [2.45, 2.75) is 13.0 Å². The Morgan fingerprint density at radius 2 is 2.25 bits per heavy atom. The molecule has 2 aromatic rings. The van der Waals surface area contributed by atoms with Gasteiger partial charge in [0.15, 0.2) is 0 Å². The van der Waals surface area contributed by atoms with Gasteiger partial charge in [-0.15, -0.1) is 0 Å². The van der Waals surface area contributed by atoms with Crippen molar-refractivity contribution >= 4 is 28.2 Å². The van der Waals surface area contributed by atoms with Crippen LogP contribution in [0.5, 0.6) is 0 Å². The summed E-state index contributed by atoms with van der Waals surface area (Å²) in [5.41, 5.74) is 9.86. The Balaban J connectivity index is 2.35. The molecular weight excluding hydrogens is 224 g/mol. The van der Waals surface area contributed by atoms with Crippen molar-refractivity contribution < 1.29 is 4.74 Å². The molecule has 1 aromatic heterocycles. The van der Waals surface area contributed by atoms with E-state index in [9.17, 15) is 0 Å². The van der Waals surface area contributed by atoms with E-state index in [2.05, 4.69) is 4.98 Å². The number of anilines is 1. The van der Waals surface area contributed by atoms with E-state index in [4.69, 9.17) is 22.1 Å². The fraction of sp³-hybridized carbons (Fsp3) is 0.250. The number of hydrogen-bond donors (Lipinski definition) is 1. The number of ether oxygens (including phenoxy) is 1. The molecule has 1 aliphatic heterocycles. The highest BCUT2D eigenvalue weighted by molar-refractivity contribution is 6.31. The lowest BCUT2D eigenvalue weighted by Crippen LogP contribution is -2.14. The number of benzene rings is 1. The van der Waals surface area contributed by atoms with Crippen molar-refractivity contribution in [3.05, 3.63) is 34.5 Å². The number of halogens is 1. The quantitative estimate of drug-likeness (QED) is 0.762. The first-order chi connectivity index (χ1) is 7.75. The summed E-state index contributed by atoms with van der Waals surface area (Å²) in [5, 5.41) is 1.59. The summed E-state index contributed by atoms with van der Waals surface area (Å²) in [7, 11) is 0. The highest BCUT2D eigenvalue weighted by Crippen LogP contribution is 2.30. The Bertz CT molecular complexity index is 568. The lowest BCUT2D eigenvalue weighted by molar-refractivity contribution is 0.110. The zero-order valence-corrected chi connectivity index (χ0v) is 9.42. The molecule has 82 valence electrons. The molecule has 0 aliphatic carbocycles. The summed E-state index contributed by atoms with van der Waals surface area (Å²) in [6.07, 6.45) is 0.831. The summed E-state index contributed by atoms with van der Waals surface area (Å²) in [5.74, 6) is 0. The third-order valence-corrected chi connectivity index (χ3v) is 3.14. The normalized spacial score (nSPS) is 15.1. The standard InChI is InChI=1S/C12H11ClN2O/c13-7-1-2-10-8(5-7)12(14)9-6-16-4-3-11(9)15-10/h1-2,5H,3-4,6H2,(H2,14,15). The monoisotopic (exact) mass is 234 g/mol. The summed E-state index contributed by atoms with van der Waals surface area (Å²) in [6, 6.07) is 5.60. The Hall–Kier alpha value is -1.32. The van der Waals surface area contributed by atoms with Crippen LogP contribution in [0.2, 0.25) is 5.02 Å². The predicted molar refractivity (Wildman–Crippen MR) is 64.5 cm³/mol. The Kier molecular flexibility index (Phi) is 2.23. The largest absolute Gasteiger partial charge is 0.398 e. The van der Waals surface area contributed by atoms with Crippen molar-refractivity contribution in [3.8, 4) is 0 Å². The van der Waals surface area contributed by atoms with E-state index in [-0.39, 0.29) is 0 Å². The van der Waals surface area contributed by atoms with Gasteiger partial charge in [0, 0.05) is 28.1 Å². The number of pyridine rings is 1. The lowest BCUT2D eigenvalue weighted by atomic mass is 10.0. The summed E-state index contributed by atoms with van der Waals surface area (Å²) >= 11 is 5.96. The molecule has 4 heteroatoms. The van der Waals surface area contributed by atoms with Gasteiger partial charge in [0.25, 0.3) is 0 Å². The summed E-state index contributed by atoms with van der Waals surface area (Å²) in [4.78, 5) is 4.60. The molecule has 0 fully saturated rings. The van der Waals surface area contributed by atoms with E-state index in [1.54, 1.807) is 0 Å². The van der Waals surface area contributed by atoms with Gasteiger partial charge >= 0.3 is 0 Å². The molecule has 0 saturated heterocycles. The lowest BCUT2D eigenvalue weighted by Gasteiger charge is -2.18. The molecule has 1 aromatic carbocycles. The maximum Gasteiger partial charge on any atom is 0.0755 e. The summed E-state index contributed by atoms with van der Waals surface area (Å²) in [6.45, 7) is 1.27. The Labute approximate surface area is 98.2 Å². The third-order valence-electron chi connectivity index (χ3n) is 2.91. The van der Waals surface area contributed by atoms with E-state index in [0.717, 1.165) is 40.9 Å². The molecule has 3 nitrogen and oxygen atoms in total. The molecule has 1 aliphatic rings. The maximum atomic E-state index is 6.13. The van der Waals surface area contributed by atoms with Crippen molar-refractivity contribution in [2.75, 3.05) is 12.3 Å². The fourth-order valence-electron chi connectivity index (χ4n) is 2.06. The van der Waals surface area contributed by atoms with E-state index in [0.29, 0.717) is 11.6 Å². The zero-order chi connectivity index (χ0) is 11.1. The van der Waals surface area contributed by atoms with Crippen LogP contribution < -0.4 is 5.73 Å². The van der Waals surface area contributed by atoms with Gasteiger partial charge in [-0.2, -0.15) is 0 Å². The van der Waals surface area contributed by atoms with E-state index in [1.807, 2.05) is 18.2 Å². The van der Waals surface area contributed by atoms with Gasteiger partial charge in [0.2, 0.25) is 0 Å². The van der Waals surface area contributed by atoms with Crippen LogP contribution in [0.3, 0.4) is 0 Å². The Morgan fingerprint density at radius 1 is 1.38 bits per heavy atom. The predicted octanol–water partition coefficient (Wildman–Crippen LogP) is 2.54. The van der Waals surface area contributed by atoms with Crippen LogP contribution in [0.15, 0.2) is 18.2 Å². The van der Waals surface area contributed by atoms with Crippen LogP contribution in [-0.2, 0) is 17.8 Å². The highest BCUT2D eigenvalue weighted by Gasteiger charge is 2.16. The van der Waals surface area contributed by atoms with Crippen LogP contribution in [0, 0.1) is 0 Å². The molecule has 0 unspecified atom stereocenters. The van der Waals surface area contributed by atoms with Gasteiger partial charge in [-0.25, -0.2) is 0 Å². The molecule has 0 amide bonds. The molecule has 2 N–H and O–H groups in total. The average molecular weight is 235 g/mol. The molecule has 0 radical (unpaired) electrons. The van der Waals surface area contributed by atoms with E-state index >= 15 is 0 Å². The van der Waals surface area contributed by atoms with Gasteiger partial charge in [-0.05, 0) is 18.2 Å². The third kappa shape index (κ3) is 1.44. The van der Waals surface area contributed by atoms with Crippen LogP contribution >= 0.6 is 11.6 Å². The van der Waals surface area contributed by atoms with Gasteiger partial charge in [0.05, 0.1) is 24.4 Å². The van der Waals surface area contributed by atoms with Gasteiger partial charge in [-0.1, -0.05) is 11.6 Å². The molecule has 3 rings (SSSR count). The van der Waals surface area contributed by atoms with Crippen LogP contribution in [0.4, 0.5) is 5.69 Å². The van der Waals surface area contributed by atoms with Crippen molar-refractivity contribution in [1.29, 1.82) is 0 Å². The van der Waals surface area contributed by atoms with Crippen molar-refractivity contribution in [2.24, 2.45) is 0 Å². The van der Waals surface area contributed by atoms with Crippen molar-refractivity contribution in [3.63, 3.8) is 0 Å². The molecular formula is C12H11ClN2O. The smallest absolute Gasteiger partial charge is 0.0755 e. The first-order valence-electron chi connectivity index (χ1n) is 5.20. The van der Waals surface area contributed by atoms with Crippen LogP contribution in [-0.4, -0.2) is 11.6 Å². The molecule has 0 saturated carbocycles. The molecule has 16 heavy (non-hydrogen) atoms. The Morgan fingerprint density at radius 3 is 3.12 bits per heavy atom. The number of nitrogens with two attached hydrogens (primary N) is 1. The van der Waals surface area contributed by atoms with Crippen LogP contribution in [0.25, 0.3) is 10.9 Å². The molecule has 0 spiro atoms. The number of fused-ring (bicyclic) bond motifs is 2. The minimum atomic E-state index is 0.552. The fourth-order valence-corrected chi connectivity index (χ4v) is 2.24. The zero-order valence-electron chi connectivity index (χ0n) is 8.66. The number of nitrogen functional groups attached to an aromatic ring is 1. The second-order valence-electron chi connectivity index (χ2n) is 3.91. The molecule has 0 atom stereocenters. The van der Waals surface area contributed by atoms with E-state index < -0.39 is 0 Å². The minimum Gasteiger partial charge on any atom is -0.398 e. The van der Waals surface area contributed by atoms with Crippen LogP contribution in [0.1, 0.15) is 11.3 Å². The number of hydrogen-bond acceptors (Lipinski definition) is 3. The first kappa shape index (κ1) is 9.87. The van der Waals surface area contributed by atoms with Gasteiger partial charge in [-0.3, -0.25) is 4.98 Å². The molecule has 2 heterocycles. The SMILES string of the molecule is Nc1c2c(nc3ccc(Cl)cc13)CCOC2. The topological polar surface area (TPSA) is 48.1 Å². The van der Waals surface area contributed by atoms with E-state index in [1.165, 1.54) is 0 Å². The molecule has 0 bridgehead atoms.